The number of carbonyl (C=O) groups is 1. The average Bonchev–Trinajstić information content (AvgIpc) is 2.14. The van der Waals surface area contributed by atoms with E-state index in [2.05, 4.69) is 20.8 Å². The van der Waals surface area contributed by atoms with Gasteiger partial charge in [-0.1, -0.05) is 20.8 Å². The standard InChI is InChI=1S/C14H26O2/c1-10(15)5-6-11-9-12(14(2,3)4)7-8-13(11)16/h10-12,15H,5-9H2,1-4H3. The maximum absolute atomic E-state index is 11.8. The van der Waals surface area contributed by atoms with Crippen molar-refractivity contribution in [3.05, 3.63) is 0 Å². The largest absolute Gasteiger partial charge is 0.393 e. The molecule has 16 heavy (non-hydrogen) atoms. The maximum Gasteiger partial charge on any atom is 0.135 e. The molecule has 3 atom stereocenters. The Kier molecular flexibility index (Phi) is 4.54. The van der Waals surface area contributed by atoms with Gasteiger partial charge in [0.25, 0.3) is 0 Å². The summed E-state index contributed by atoms with van der Waals surface area (Å²) in [5, 5.41) is 9.28. The van der Waals surface area contributed by atoms with Crippen LogP contribution in [0.2, 0.25) is 0 Å². The molecule has 0 bridgehead atoms. The summed E-state index contributed by atoms with van der Waals surface area (Å²) in [6, 6.07) is 0. The van der Waals surface area contributed by atoms with Crippen molar-refractivity contribution in [1.82, 2.24) is 0 Å². The molecular formula is C14H26O2. The molecule has 94 valence electrons. The van der Waals surface area contributed by atoms with Gasteiger partial charge in [-0.05, 0) is 43.9 Å². The smallest absolute Gasteiger partial charge is 0.135 e. The monoisotopic (exact) mass is 226 g/mol. The maximum atomic E-state index is 11.8. The summed E-state index contributed by atoms with van der Waals surface area (Å²) in [6.07, 6.45) is 4.16. The topological polar surface area (TPSA) is 37.3 Å². The van der Waals surface area contributed by atoms with Gasteiger partial charge in [0.05, 0.1) is 6.10 Å². The van der Waals surface area contributed by atoms with Crippen LogP contribution in [0, 0.1) is 17.3 Å². The van der Waals surface area contributed by atoms with Crippen molar-refractivity contribution >= 4 is 5.78 Å². The molecular weight excluding hydrogens is 200 g/mol. The number of rotatable bonds is 3. The molecule has 3 unspecified atom stereocenters. The number of Topliss-reactive ketones (excluding diaryl/α,β-unsaturated/α-hetero) is 1. The molecule has 0 aromatic carbocycles. The van der Waals surface area contributed by atoms with E-state index in [0.717, 1.165) is 32.1 Å². The minimum atomic E-state index is -0.275. The first-order valence-electron chi connectivity index (χ1n) is 6.51. The van der Waals surface area contributed by atoms with Crippen molar-refractivity contribution in [3.63, 3.8) is 0 Å². The summed E-state index contributed by atoms with van der Waals surface area (Å²) in [5.41, 5.74) is 0.309. The van der Waals surface area contributed by atoms with Crippen LogP contribution in [0.25, 0.3) is 0 Å². The van der Waals surface area contributed by atoms with Gasteiger partial charge in [-0.3, -0.25) is 4.79 Å². The fourth-order valence-electron chi connectivity index (χ4n) is 2.62. The van der Waals surface area contributed by atoms with E-state index in [0.29, 0.717) is 17.1 Å². The molecule has 2 heteroatoms. The zero-order chi connectivity index (χ0) is 12.3. The lowest BCUT2D eigenvalue weighted by Gasteiger charge is -2.37. The molecule has 0 radical (unpaired) electrons. The van der Waals surface area contributed by atoms with Crippen molar-refractivity contribution < 1.29 is 9.90 Å². The minimum absolute atomic E-state index is 0.201. The third-order valence-corrected chi connectivity index (χ3v) is 3.92. The van der Waals surface area contributed by atoms with Gasteiger partial charge in [-0.25, -0.2) is 0 Å². The summed E-state index contributed by atoms with van der Waals surface area (Å²) in [4.78, 5) is 11.8. The molecule has 0 heterocycles. The predicted molar refractivity (Wildman–Crippen MR) is 66.2 cm³/mol. The summed E-state index contributed by atoms with van der Waals surface area (Å²) >= 11 is 0. The van der Waals surface area contributed by atoms with Crippen molar-refractivity contribution in [2.75, 3.05) is 0 Å². The van der Waals surface area contributed by atoms with Crippen LogP contribution in [0.1, 0.15) is 59.8 Å². The third-order valence-electron chi connectivity index (χ3n) is 3.92. The highest BCUT2D eigenvalue weighted by Gasteiger charge is 2.34. The molecule has 0 saturated heterocycles. The molecule has 1 fully saturated rings. The van der Waals surface area contributed by atoms with Crippen LogP contribution in [-0.2, 0) is 4.79 Å². The molecule has 1 N–H and O–H groups in total. The Bertz CT molecular complexity index is 238. The number of aliphatic hydroxyl groups excluding tert-OH is 1. The van der Waals surface area contributed by atoms with E-state index in [1.807, 2.05) is 0 Å². The van der Waals surface area contributed by atoms with E-state index in [1.54, 1.807) is 6.92 Å². The number of hydrogen-bond donors (Lipinski definition) is 1. The second kappa shape index (κ2) is 5.31. The molecule has 1 aliphatic carbocycles. The molecule has 0 amide bonds. The number of aliphatic hydroxyl groups is 1. The fraction of sp³-hybridized carbons (Fsp3) is 0.929. The highest BCUT2D eigenvalue weighted by atomic mass is 16.3. The Morgan fingerprint density at radius 3 is 2.56 bits per heavy atom. The second-order valence-electron chi connectivity index (χ2n) is 6.43. The van der Waals surface area contributed by atoms with Gasteiger partial charge in [-0.15, -0.1) is 0 Å². The van der Waals surface area contributed by atoms with E-state index >= 15 is 0 Å². The fourth-order valence-corrected chi connectivity index (χ4v) is 2.62. The molecule has 1 saturated carbocycles. The molecule has 0 aromatic rings. The van der Waals surface area contributed by atoms with Crippen molar-refractivity contribution in [2.24, 2.45) is 17.3 Å². The lowest BCUT2D eigenvalue weighted by atomic mass is 9.68. The van der Waals surface area contributed by atoms with E-state index in [-0.39, 0.29) is 12.0 Å². The number of ketones is 1. The Balaban J connectivity index is 2.52. The van der Waals surface area contributed by atoms with Crippen molar-refractivity contribution in [1.29, 1.82) is 0 Å². The molecule has 1 aliphatic rings. The van der Waals surface area contributed by atoms with Crippen LogP contribution >= 0.6 is 0 Å². The Morgan fingerprint density at radius 1 is 1.44 bits per heavy atom. The lowest BCUT2D eigenvalue weighted by Crippen LogP contribution is -2.32. The first-order valence-corrected chi connectivity index (χ1v) is 6.51. The summed E-state index contributed by atoms with van der Waals surface area (Å²) in [6.45, 7) is 8.59. The van der Waals surface area contributed by atoms with Crippen LogP contribution in [0.4, 0.5) is 0 Å². The third kappa shape index (κ3) is 3.89. The molecule has 1 rings (SSSR count). The van der Waals surface area contributed by atoms with E-state index in [9.17, 15) is 9.90 Å². The number of carbonyl (C=O) groups excluding carboxylic acids is 1. The Labute approximate surface area is 99.4 Å². The van der Waals surface area contributed by atoms with Crippen LogP contribution in [0.15, 0.2) is 0 Å². The second-order valence-corrected chi connectivity index (χ2v) is 6.43. The van der Waals surface area contributed by atoms with Gasteiger partial charge in [0.2, 0.25) is 0 Å². The zero-order valence-electron chi connectivity index (χ0n) is 11.1. The summed E-state index contributed by atoms with van der Waals surface area (Å²) < 4.78 is 0. The number of hydrogen-bond acceptors (Lipinski definition) is 2. The average molecular weight is 226 g/mol. The first-order chi connectivity index (χ1) is 7.30. The van der Waals surface area contributed by atoms with Crippen LogP contribution < -0.4 is 0 Å². The summed E-state index contributed by atoms with van der Waals surface area (Å²) in [5.74, 6) is 1.28. The van der Waals surface area contributed by atoms with Crippen LogP contribution in [0.5, 0.6) is 0 Å². The van der Waals surface area contributed by atoms with Gasteiger partial charge in [0.15, 0.2) is 0 Å². The molecule has 0 aromatic heterocycles. The van der Waals surface area contributed by atoms with E-state index < -0.39 is 0 Å². The minimum Gasteiger partial charge on any atom is -0.393 e. The van der Waals surface area contributed by atoms with Crippen LogP contribution in [0.3, 0.4) is 0 Å². The molecule has 2 nitrogen and oxygen atoms in total. The van der Waals surface area contributed by atoms with Crippen molar-refractivity contribution in [3.8, 4) is 0 Å². The lowest BCUT2D eigenvalue weighted by molar-refractivity contribution is -0.127. The quantitative estimate of drug-likeness (QED) is 0.802. The van der Waals surface area contributed by atoms with E-state index in [1.165, 1.54) is 0 Å². The predicted octanol–water partition coefficient (Wildman–Crippen LogP) is 3.18. The zero-order valence-corrected chi connectivity index (χ0v) is 11.1. The van der Waals surface area contributed by atoms with Gasteiger partial charge < -0.3 is 5.11 Å². The normalized spacial score (nSPS) is 29.2. The molecule has 0 aliphatic heterocycles. The molecule has 0 spiro atoms. The SMILES string of the molecule is CC(O)CCC1CC(C(C)(C)C)CCC1=O. The first kappa shape index (κ1) is 13.7. The van der Waals surface area contributed by atoms with Gasteiger partial charge in [0.1, 0.15) is 5.78 Å². The summed E-state index contributed by atoms with van der Waals surface area (Å²) in [7, 11) is 0. The Morgan fingerprint density at radius 2 is 2.06 bits per heavy atom. The van der Waals surface area contributed by atoms with Gasteiger partial charge in [0, 0.05) is 12.3 Å². The highest BCUT2D eigenvalue weighted by Crippen LogP contribution is 2.40. The Hall–Kier alpha value is -0.370. The highest BCUT2D eigenvalue weighted by molar-refractivity contribution is 5.81. The van der Waals surface area contributed by atoms with Gasteiger partial charge in [-0.2, -0.15) is 0 Å². The van der Waals surface area contributed by atoms with E-state index in [4.69, 9.17) is 0 Å². The van der Waals surface area contributed by atoms with Crippen molar-refractivity contribution in [2.45, 2.75) is 65.9 Å². The van der Waals surface area contributed by atoms with Gasteiger partial charge >= 0.3 is 0 Å². The van der Waals surface area contributed by atoms with Crippen LogP contribution in [-0.4, -0.2) is 17.0 Å².